The van der Waals surface area contributed by atoms with Crippen molar-refractivity contribution in [1.82, 2.24) is 10.2 Å². The van der Waals surface area contributed by atoms with Crippen LogP contribution >= 0.6 is 0 Å². The number of nitrogens with zero attached hydrogens (tertiary/aromatic N) is 1. The highest BCUT2D eigenvalue weighted by atomic mass is 16.5. The lowest BCUT2D eigenvalue weighted by atomic mass is 10.1. The summed E-state index contributed by atoms with van der Waals surface area (Å²) in [5.41, 5.74) is 0. The van der Waals surface area contributed by atoms with Gasteiger partial charge >= 0.3 is 0 Å². The van der Waals surface area contributed by atoms with E-state index in [1.807, 2.05) is 0 Å². The van der Waals surface area contributed by atoms with Gasteiger partial charge < -0.3 is 15.0 Å². The summed E-state index contributed by atoms with van der Waals surface area (Å²) in [4.78, 5) is 14.2. The topological polar surface area (TPSA) is 41.6 Å². The van der Waals surface area contributed by atoms with Crippen LogP contribution in [0, 0.1) is 0 Å². The number of amides is 1. The zero-order chi connectivity index (χ0) is 12.8. The summed E-state index contributed by atoms with van der Waals surface area (Å²) in [6, 6.07) is 0.483. The smallest absolute Gasteiger partial charge is 0.225 e. The predicted octanol–water partition coefficient (Wildman–Crippen LogP) is 1.55. The third kappa shape index (κ3) is 3.69. The second-order valence-corrected chi connectivity index (χ2v) is 5.36. The number of carbonyl (C=O) groups excluding carboxylic acids is 1. The predicted molar refractivity (Wildman–Crippen MR) is 71.5 cm³/mol. The summed E-state index contributed by atoms with van der Waals surface area (Å²) in [5, 5.41) is 3.32. The molecule has 0 aromatic heterocycles. The molecule has 1 N–H and O–H groups in total. The second kappa shape index (κ2) is 7.10. The average Bonchev–Trinajstić information content (AvgIpc) is 2.88. The number of rotatable bonds is 5. The van der Waals surface area contributed by atoms with Gasteiger partial charge in [-0.3, -0.25) is 4.79 Å². The molecule has 1 unspecified atom stereocenters. The van der Waals surface area contributed by atoms with Crippen LogP contribution in [0.25, 0.3) is 0 Å². The number of hydrogen-bond donors (Lipinski definition) is 1. The van der Waals surface area contributed by atoms with Crippen LogP contribution in [-0.2, 0) is 9.53 Å². The Balaban J connectivity index is 1.64. The highest BCUT2D eigenvalue weighted by molar-refractivity contribution is 5.76. The third-order valence-corrected chi connectivity index (χ3v) is 4.12. The molecule has 2 rings (SSSR count). The van der Waals surface area contributed by atoms with Crippen molar-refractivity contribution in [2.75, 3.05) is 26.2 Å². The van der Waals surface area contributed by atoms with Crippen molar-refractivity contribution in [3.8, 4) is 0 Å². The van der Waals surface area contributed by atoms with Gasteiger partial charge in [-0.1, -0.05) is 6.92 Å². The molecule has 2 heterocycles. The summed E-state index contributed by atoms with van der Waals surface area (Å²) in [5.74, 6) is 0.285. The Kier molecular flexibility index (Phi) is 5.45. The maximum Gasteiger partial charge on any atom is 0.225 e. The molecule has 2 fully saturated rings. The summed E-state index contributed by atoms with van der Waals surface area (Å²) in [7, 11) is 0. The van der Waals surface area contributed by atoms with Crippen LogP contribution in [0.2, 0.25) is 0 Å². The van der Waals surface area contributed by atoms with Gasteiger partial charge in [0.25, 0.3) is 0 Å². The Morgan fingerprint density at radius 2 is 2.11 bits per heavy atom. The van der Waals surface area contributed by atoms with E-state index < -0.39 is 0 Å². The van der Waals surface area contributed by atoms with Crippen molar-refractivity contribution in [1.29, 1.82) is 0 Å². The number of likely N-dealkylation sites (tertiary alicyclic amines) is 1. The fourth-order valence-corrected chi connectivity index (χ4v) is 3.01. The van der Waals surface area contributed by atoms with Gasteiger partial charge in [0, 0.05) is 12.6 Å². The minimum absolute atomic E-state index is 0.285. The molecule has 2 saturated heterocycles. The number of nitrogens with one attached hydrogen (secondary N) is 1. The van der Waals surface area contributed by atoms with Gasteiger partial charge in [-0.05, 0) is 45.2 Å². The van der Waals surface area contributed by atoms with E-state index in [9.17, 15) is 4.79 Å². The van der Waals surface area contributed by atoms with E-state index in [2.05, 4.69) is 17.1 Å². The second-order valence-electron chi connectivity index (χ2n) is 5.36. The van der Waals surface area contributed by atoms with Gasteiger partial charge in [-0.25, -0.2) is 0 Å². The van der Waals surface area contributed by atoms with Gasteiger partial charge in [-0.2, -0.15) is 0 Å². The molecule has 1 amide bonds. The van der Waals surface area contributed by atoms with E-state index in [0.29, 0.717) is 25.2 Å². The summed E-state index contributed by atoms with van der Waals surface area (Å²) in [6.45, 7) is 5.80. The van der Waals surface area contributed by atoms with E-state index in [1.165, 1.54) is 12.8 Å². The molecule has 0 radical (unpaired) electrons. The molecule has 0 aromatic carbocycles. The number of hydrogen-bond acceptors (Lipinski definition) is 3. The first kappa shape index (κ1) is 13.8. The van der Waals surface area contributed by atoms with Crippen molar-refractivity contribution in [3.05, 3.63) is 0 Å². The Hall–Kier alpha value is -0.610. The zero-order valence-electron chi connectivity index (χ0n) is 11.5. The van der Waals surface area contributed by atoms with Crippen molar-refractivity contribution in [2.24, 2.45) is 0 Å². The highest BCUT2D eigenvalue weighted by Gasteiger charge is 2.26. The minimum Gasteiger partial charge on any atom is -0.378 e. The molecule has 1 atom stereocenters. The van der Waals surface area contributed by atoms with E-state index >= 15 is 0 Å². The lowest BCUT2D eigenvalue weighted by Crippen LogP contribution is -2.36. The SMILES string of the molecule is CCC1CCCN1C(=O)CCOC1CCNCC1. The van der Waals surface area contributed by atoms with Crippen LogP contribution in [-0.4, -0.2) is 49.2 Å². The molecule has 2 aliphatic rings. The molecule has 0 saturated carbocycles. The fraction of sp³-hybridized carbons (Fsp3) is 0.929. The van der Waals surface area contributed by atoms with Crippen LogP contribution in [0.3, 0.4) is 0 Å². The number of piperidine rings is 1. The molecule has 104 valence electrons. The van der Waals surface area contributed by atoms with Gasteiger partial charge in [-0.15, -0.1) is 0 Å². The maximum atomic E-state index is 12.1. The molecule has 0 aliphatic carbocycles. The lowest BCUT2D eigenvalue weighted by Gasteiger charge is -2.25. The largest absolute Gasteiger partial charge is 0.378 e. The fourth-order valence-electron chi connectivity index (χ4n) is 3.01. The molecular weight excluding hydrogens is 228 g/mol. The summed E-state index contributed by atoms with van der Waals surface area (Å²) in [6.07, 6.45) is 6.50. The number of ether oxygens (including phenoxy) is 1. The van der Waals surface area contributed by atoms with E-state index in [4.69, 9.17) is 4.74 Å². The Morgan fingerprint density at radius 3 is 2.83 bits per heavy atom. The van der Waals surface area contributed by atoms with Crippen molar-refractivity contribution >= 4 is 5.91 Å². The van der Waals surface area contributed by atoms with Gasteiger partial charge in [0.1, 0.15) is 0 Å². The quantitative estimate of drug-likeness (QED) is 0.809. The molecule has 0 aromatic rings. The van der Waals surface area contributed by atoms with Gasteiger partial charge in [0.05, 0.1) is 19.1 Å². The Bertz CT molecular complexity index is 265. The Morgan fingerprint density at radius 1 is 1.33 bits per heavy atom. The van der Waals surface area contributed by atoms with Crippen molar-refractivity contribution in [2.45, 2.75) is 57.6 Å². The maximum absolute atomic E-state index is 12.1. The molecule has 18 heavy (non-hydrogen) atoms. The highest BCUT2D eigenvalue weighted by Crippen LogP contribution is 2.20. The van der Waals surface area contributed by atoms with Crippen LogP contribution in [0.5, 0.6) is 0 Å². The molecule has 0 spiro atoms. The van der Waals surface area contributed by atoms with Crippen molar-refractivity contribution < 1.29 is 9.53 Å². The van der Waals surface area contributed by atoms with Crippen LogP contribution < -0.4 is 5.32 Å². The third-order valence-electron chi connectivity index (χ3n) is 4.12. The molecular formula is C14H26N2O2. The van der Waals surface area contributed by atoms with Crippen LogP contribution in [0.1, 0.15) is 45.4 Å². The first-order valence-corrected chi connectivity index (χ1v) is 7.43. The van der Waals surface area contributed by atoms with E-state index in [1.54, 1.807) is 0 Å². The lowest BCUT2D eigenvalue weighted by molar-refractivity contribution is -0.133. The van der Waals surface area contributed by atoms with Gasteiger partial charge in [0.2, 0.25) is 5.91 Å². The van der Waals surface area contributed by atoms with Crippen molar-refractivity contribution in [3.63, 3.8) is 0 Å². The van der Waals surface area contributed by atoms with E-state index in [0.717, 1.165) is 38.9 Å². The molecule has 4 nitrogen and oxygen atoms in total. The molecule has 2 aliphatic heterocycles. The zero-order valence-corrected chi connectivity index (χ0v) is 11.5. The standard InChI is InChI=1S/C14H26N2O2/c1-2-12-4-3-10-16(12)14(17)7-11-18-13-5-8-15-9-6-13/h12-13,15H,2-11H2,1H3. The Labute approximate surface area is 110 Å². The normalized spacial score (nSPS) is 25.6. The summed E-state index contributed by atoms with van der Waals surface area (Å²) < 4.78 is 5.79. The molecule has 0 bridgehead atoms. The van der Waals surface area contributed by atoms with Crippen LogP contribution in [0.4, 0.5) is 0 Å². The first-order valence-electron chi connectivity index (χ1n) is 7.43. The number of carbonyl (C=O) groups is 1. The minimum atomic E-state index is 0.285. The monoisotopic (exact) mass is 254 g/mol. The van der Waals surface area contributed by atoms with Crippen LogP contribution in [0.15, 0.2) is 0 Å². The van der Waals surface area contributed by atoms with E-state index in [-0.39, 0.29) is 5.91 Å². The first-order chi connectivity index (χ1) is 8.81. The average molecular weight is 254 g/mol. The summed E-state index contributed by atoms with van der Waals surface area (Å²) >= 11 is 0. The van der Waals surface area contributed by atoms with Gasteiger partial charge in [0.15, 0.2) is 0 Å². The molecule has 4 heteroatoms.